The molecule has 2 aliphatic rings. The van der Waals surface area contributed by atoms with Crippen LogP contribution in [0.2, 0.25) is 0 Å². The van der Waals surface area contributed by atoms with Crippen LogP contribution in [0.5, 0.6) is 0 Å². The fourth-order valence-corrected chi connectivity index (χ4v) is 4.36. The van der Waals surface area contributed by atoms with Crippen molar-refractivity contribution in [2.45, 2.75) is 28.7 Å². The summed E-state index contributed by atoms with van der Waals surface area (Å²) < 4.78 is 5.51. The Morgan fingerprint density at radius 3 is 2.93 bits per heavy atom. The molecule has 7 heteroatoms. The molecule has 2 aliphatic heterocycles. The molecule has 0 spiro atoms. The number of urea groups is 1. The van der Waals surface area contributed by atoms with Crippen molar-refractivity contribution >= 4 is 35.1 Å². The number of carbonyl (C=O) groups excluding carboxylic acids is 2. The monoisotopic (exact) mass is 383 g/mol. The first-order valence-electron chi connectivity index (χ1n) is 8.97. The molecule has 1 unspecified atom stereocenters. The second-order valence-electron chi connectivity index (χ2n) is 6.61. The molecule has 140 valence electrons. The zero-order valence-electron chi connectivity index (χ0n) is 15.0. The summed E-state index contributed by atoms with van der Waals surface area (Å²) in [4.78, 5) is 28.5. The van der Waals surface area contributed by atoms with Gasteiger partial charge in [0, 0.05) is 35.7 Å². The van der Waals surface area contributed by atoms with Gasteiger partial charge in [-0.25, -0.2) is 4.79 Å². The molecule has 2 aromatic rings. The molecule has 3 amide bonds. The van der Waals surface area contributed by atoms with Gasteiger partial charge in [-0.1, -0.05) is 23.9 Å². The lowest BCUT2D eigenvalue weighted by atomic mass is 10.2. The fourth-order valence-electron chi connectivity index (χ4n) is 3.27. The Bertz CT molecular complexity index is 881. The van der Waals surface area contributed by atoms with E-state index in [1.807, 2.05) is 42.5 Å². The predicted octanol–water partition coefficient (Wildman–Crippen LogP) is 3.73. The van der Waals surface area contributed by atoms with Gasteiger partial charge < -0.3 is 20.3 Å². The van der Waals surface area contributed by atoms with E-state index in [2.05, 4.69) is 10.6 Å². The van der Waals surface area contributed by atoms with Gasteiger partial charge in [0.15, 0.2) is 0 Å². The highest BCUT2D eigenvalue weighted by molar-refractivity contribution is 7.99. The van der Waals surface area contributed by atoms with E-state index in [1.165, 1.54) is 0 Å². The highest BCUT2D eigenvalue weighted by atomic mass is 32.2. The number of rotatable bonds is 3. The largest absolute Gasteiger partial charge is 0.376 e. The molecule has 1 atom stereocenters. The van der Waals surface area contributed by atoms with Crippen LogP contribution in [-0.2, 0) is 4.74 Å². The number of anilines is 2. The number of nitrogens with zero attached hydrogens (tertiary/aromatic N) is 1. The van der Waals surface area contributed by atoms with E-state index in [0.717, 1.165) is 34.9 Å². The first-order chi connectivity index (χ1) is 13.1. The molecular formula is C20H21N3O3S. The molecule has 2 heterocycles. The van der Waals surface area contributed by atoms with Gasteiger partial charge in [-0.05, 0) is 43.2 Å². The van der Waals surface area contributed by atoms with E-state index in [9.17, 15) is 9.59 Å². The lowest BCUT2D eigenvalue weighted by Crippen LogP contribution is -2.35. The number of hydrogen-bond acceptors (Lipinski definition) is 4. The Morgan fingerprint density at radius 2 is 2.11 bits per heavy atom. The van der Waals surface area contributed by atoms with Gasteiger partial charge in [-0.3, -0.25) is 4.79 Å². The molecule has 6 nitrogen and oxygen atoms in total. The van der Waals surface area contributed by atoms with E-state index in [-0.39, 0.29) is 18.0 Å². The second kappa shape index (κ2) is 7.62. The third-order valence-corrected chi connectivity index (χ3v) is 5.88. The van der Waals surface area contributed by atoms with Crippen LogP contribution in [0.25, 0.3) is 0 Å². The Kier molecular flexibility index (Phi) is 5.05. The maximum absolute atomic E-state index is 12.8. The summed E-state index contributed by atoms with van der Waals surface area (Å²) in [6.45, 7) is 1.26. The normalized spacial score (nSPS) is 18.5. The standard InChI is InChI=1S/C20H21N3O3S/c1-23-16-11-13(22-20(25)21-12-14-5-4-10-26-14)8-9-18(16)27-17-7-3-2-6-15(17)19(23)24/h2-3,6-9,11,14H,4-5,10,12H2,1H3,(H2,21,22,25). The lowest BCUT2D eigenvalue weighted by Gasteiger charge is -2.19. The van der Waals surface area contributed by atoms with Crippen LogP contribution in [0.3, 0.4) is 0 Å². The van der Waals surface area contributed by atoms with Crippen LogP contribution in [-0.4, -0.2) is 38.2 Å². The minimum atomic E-state index is -0.274. The van der Waals surface area contributed by atoms with Gasteiger partial charge >= 0.3 is 6.03 Å². The van der Waals surface area contributed by atoms with Crippen LogP contribution in [0.1, 0.15) is 23.2 Å². The van der Waals surface area contributed by atoms with Crippen molar-refractivity contribution in [2.75, 3.05) is 30.4 Å². The lowest BCUT2D eigenvalue weighted by molar-refractivity contribution is 0.0990. The Morgan fingerprint density at radius 1 is 1.26 bits per heavy atom. The summed E-state index contributed by atoms with van der Waals surface area (Å²) in [6.07, 6.45) is 2.12. The molecule has 0 bridgehead atoms. The van der Waals surface area contributed by atoms with Crippen LogP contribution in [0.4, 0.5) is 16.2 Å². The molecule has 0 aliphatic carbocycles. The van der Waals surface area contributed by atoms with Crippen molar-refractivity contribution in [3.63, 3.8) is 0 Å². The Hall–Kier alpha value is -2.51. The van der Waals surface area contributed by atoms with Gasteiger partial charge in [0.1, 0.15) is 0 Å². The Balaban J connectivity index is 1.50. The van der Waals surface area contributed by atoms with Crippen molar-refractivity contribution in [3.05, 3.63) is 48.0 Å². The van der Waals surface area contributed by atoms with E-state index < -0.39 is 0 Å². The van der Waals surface area contributed by atoms with Crippen LogP contribution < -0.4 is 15.5 Å². The maximum Gasteiger partial charge on any atom is 0.319 e. The smallest absolute Gasteiger partial charge is 0.319 e. The summed E-state index contributed by atoms with van der Waals surface area (Å²) in [7, 11) is 1.76. The molecule has 4 rings (SSSR count). The number of hydrogen-bond donors (Lipinski definition) is 2. The van der Waals surface area contributed by atoms with E-state index in [0.29, 0.717) is 17.8 Å². The minimum absolute atomic E-state index is 0.0585. The molecule has 1 saturated heterocycles. The Labute approximate surface area is 162 Å². The van der Waals surface area contributed by atoms with Crippen LogP contribution >= 0.6 is 11.8 Å². The number of amides is 3. The maximum atomic E-state index is 12.8. The fraction of sp³-hybridized carbons (Fsp3) is 0.300. The summed E-state index contributed by atoms with van der Waals surface area (Å²) >= 11 is 1.56. The van der Waals surface area contributed by atoms with Gasteiger partial charge in [-0.2, -0.15) is 0 Å². The van der Waals surface area contributed by atoms with E-state index in [1.54, 1.807) is 23.7 Å². The molecule has 0 aromatic heterocycles. The quantitative estimate of drug-likeness (QED) is 0.847. The summed E-state index contributed by atoms with van der Waals surface area (Å²) in [5, 5.41) is 5.68. The highest BCUT2D eigenvalue weighted by Crippen LogP contribution is 2.41. The topological polar surface area (TPSA) is 70.7 Å². The number of fused-ring (bicyclic) bond motifs is 2. The van der Waals surface area contributed by atoms with Gasteiger partial charge in [0.25, 0.3) is 5.91 Å². The molecule has 1 fully saturated rings. The van der Waals surface area contributed by atoms with Gasteiger partial charge in [0.2, 0.25) is 0 Å². The van der Waals surface area contributed by atoms with E-state index in [4.69, 9.17) is 4.74 Å². The molecule has 27 heavy (non-hydrogen) atoms. The minimum Gasteiger partial charge on any atom is -0.376 e. The summed E-state index contributed by atoms with van der Waals surface area (Å²) in [5.41, 5.74) is 2.10. The number of nitrogens with one attached hydrogen (secondary N) is 2. The average molecular weight is 383 g/mol. The number of benzene rings is 2. The van der Waals surface area contributed by atoms with Crippen molar-refractivity contribution in [3.8, 4) is 0 Å². The third-order valence-electron chi connectivity index (χ3n) is 4.73. The summed E-state index contributed by atoms with van der Waals surface area (Å²) in [5.74, 6) is -0.0585. The van der Waals surface area contributed by atoms with E-state index >= 15 is 0 Å². The van der Waals surface area contributed by atoms with Crippen LogP contribution in [0.15, 0.2) is 52.3 Å². The average Bonchev–Trinajstić information content (AvgIpc) is 3.17. The van der Waals surface area contributed by atoms with Crippen molar-refractivity contribution in [1.29, 1.82) is 0 Å². The number of ether oxygens (including phenoxy) is 1. The molecule has 0 radical (unpaired) electrons. The predicted molar refractivity (Wildman–Crippen MR) is 106 cm³/mol. The van der Waals surface area contributed by atoms with Gasteiger partial charge in [-0.15, -0.1) is 0 Å². The molecule has 0 saturated carbocycles. The molecular weight excluding hydrogens is 362 g/mol. The first-order valence-corrected chi connectivity index (χ1v) is 9.79. The second-order valence-corrected chi connectivity index (χ2v) is 7.70. The summed E-state index contributed by atoms with van der Waals surface area (Å²) in [6, 6.07) is 12.9. The van der Waals surface area contributed by atoms with Gasteiger partial charge in [0.05, 0.1) is 17.4 Å². The molecule has 2 aromatic carbocycles. The third kappa shape index (κ3) is 3.79. The molecule has 2 N–H and O–H groups in total. The van der Waals surface area contributed by atoms with Crippen molar-refractivity contribution in [1.82, 2.24) is 5.32 Å². The van der Waals surface area contributed by atoms with Crippen molar-refractivity contribution in [2.24, 2.45) is 0 Å². The highest BCUT2D eigenvalue weighted by Gasteiger charge is 2.25. The zero-order chi connectivity index (χ0) is 18.8. The number of carbonyl (C=O) groups is 2. The SMILES string of the molecule is CN1C(=O)c2ccccc2Sc2ccc(NC(=O)NCC3CCCO3)cc21. The zero-order valence-corrected chi connectivity index (χ0v) is 15.8. The van der Waals surface area contributed by atoms with Crippen LogP contribution in [0, 0.1) is 0 Å². The first kappa shape index (κ1) is 17.9. The van der Waals surface area contributed by atoms with Crippen molar-refractivity contribution < 1.29 is 14.3 Å².